The first-order valence-corrected chi connectivity index (χ1v) is 5.75. The van der Waals surface area contributed by atoms with Gasteiger partial charge in [0.25, 0.3) is 0 Å². The van der Waals surface area contributed by atoms with Crippen LogP contribution in [-0.4, -0.2) is 38.0 Å². The van der Waals surface area contributed by atoms with E-state index in [4.69, 9.17) is 9.47 Å². The van der Waals surface area contributed by atoms with Crippen molar-refractivity contribution in [2.24, 2.45) is 0 Å². The third kappa shape index (κ3) is 3.24. The smallest absolute Gasteiger partial charge is 0.191 e. The van der Waals surface area contributed by atoms with Gasteiger partial charge in [-0.15, -0.1) is 0 Å². The van der Waals surface area contributed by atoms with Gasteiger partial charge in [0, 0.05) is 25.3 Å². The first-order chi connectivity index (χ1) is 8.51. The lowest BCUT2D eigenvalue weighted by atomic mass is 10.0. The van der Waals surface area contributed by atoms with E-state index < -0.39 is 12.2 Å². The molecule has 0 aromatic heterocycles. The van der Waals surface area contributed by atoms with Crippen LogP contribution in [0.25, 0.3) is 0 Å². The Hall–Kier alpha value is -1.52. The number of methoxy groups -OCH3 is 2. The number of rotatable bonds is 6. The van der Waals surface area contributed by atoms with Crippen molar-refractivity contribution in [1.29, 1.82) is 0 Å². The van der Waals surface area contributed by atoms with Crippen molar-refractivity contribution in [3.05, 3.63) is 35.4 Å². The quantitative estimate of drug-likeness (QED) is 0.726. The van der Waals surface area contributed by atoms with Crippen LogP contribution in [-0.2, 0) is 9.47 Å². The van der Waals surface area contributed by atoms with E-state index >= 15 is 0 Å². The van der Waals surface area contributed by atoms with Crippen LogP contribution < -0.4 is 0 Å². The molecule has 0 radical (unpaired) electrons. The molecule has 0 saturated heterocycles. The molecule has 0 aliphatic carbocycles. The normalized spacial score (nSPS) is 14.0. The average Bonchev–Trinajstić information content (AvgIpc) is 2.43. The van der Waals surface area contributed by atoms with E-state index in [0.29, 0.717) is 11.1 Å². The van der Waals surface area contributed by atoms with Gasteiger partial charge in [-0.1, -0.05) is 18.2 Å². The zero-order chi connectivity index (χ0) is 13.7. The molecule has 98 valence electrons. The topological polar surface area (TPSA) is 52.6 Å². The van der Waals surface area contributed by atoms with Crippen LogP contribution in [0.3, 0.4) is 0 Å². The second-order valence-corrected chi connectivity index (χ2v) is 4.07. The maximum Gasteiger partial charge on any atom is 0.191 e. The van der Waals surface area contributed by atoms with Gasteiger partial charge in [0.1, 0.15) is 12.2 Å². The molecule has 0 bridgehead atoms. The number of hydrogen-bond acceptors (Lipinski definition) is 4. The maximum atomic E-state index is 11.9. The van der Waals surface area contributed by atoms with Gasteiger partial charge >= 0.3 is 0 Å². The largest absolute Gasteiger partial charge is 0.374 e. The highest BCUT2D eigenvalue weighted by Gasteiger charge is 2.18. The van der Waals surface area contributed by atoms with Crippen molar-refractivity contribution in [3.63, 3.8) is 0 Å². The minimum Gasteiger partial charge on any atom is -0.374 e. The Morgan fingerprint density at radius 1 is 0.944 bits per heavy atom. The molecule has 18 heavy (non-hydrogen) atoms. The summed E-state index contributed by atoms with van der Waals surface area (Å²) in [6.45, 7) is 3.35. The fourth-order valence-corrected chi connectivity index (χ4v) is 1.51. The van der Waals surface area contributed by atoms with Crippen LogP contribution in [0.5, 0.6) is 0 Å². The fraction of sp³-hybridized carbons (Fsp3) is 0.429. The molecule has 2 unspecified atom stereocenters. The van der Waals surface area contributed by atoms with Crippen LogP contribution in [0.2, 0.25) is 0 Å². The summed E-state index contributed by atoms with van der Waals surface area (Å²) in [7, 11) is 2.95. The van der Waals surface area contributed by atoms with Crippen molar-refractivity contribution in [2.75, 3.05) is 14.2 Å². The Morgan fingerprint density at radius 3 is 1.67 bits per heavy atom. The lowest BCUT2D eigenvalue weighted by Gasteiger charge is -2.11. The minimum atomic E-state index is -0.518. The van der Waals surface area contributed by atoms with Crippen molar-refractivity contribution < 1.29 is 19.1 Å². The molecule has 0 heterocycles. The first-order valence-electron chi connectivity index (χ1n) is 5.75. The van der Waals surface area contributed by atoms with Crippen molar-refractivity contribution in [2.45, 2.75) is 26.1 Å². The van der Waals surface area contributed by atoms with Crippen LogP contribution in [0.4, 0.5) is 0 Å². The van der Waals surface area contributed by atoms with E-state index in [9.17, 15) is 9.59 Å². The van der Waals surface area contributed by atoms with Crippen LogP contribution in [0, 0.1) is 0 Å². The Labute approximate surface area is 107 Å². The van der Waals surface area contributed by atoms with Gasteiger partial charge < -0.3 is 9.47 Å². The molecule has 0 N–H and O–H groups in total. The van der Waals surface area contributed by atoms with E-state index in [-0.39, 0.29) is 11.6 Å². The monoisotopic (exact) mass is 250 g/mol. The number of hydrogen-bond donors (Lipinski definition) is 0. The Balaban J connectivity index is 2.99. The predicted octanol–water partition coefficient (Wildman–Crippen LogP) is 2.12. The van der Waals surface area contributed by atoms with Gasteiger partial charge in [0.15, 0.2) is 11.6 Å². The van der Waals surface area contributed by atoms with Crippen LogP contribution >= 0.6 is 0 Å². The fourth-order valence-electron chi connectivity index (χ4n) is 1.51. The number of Topliss-reactive ketones (excluding diaryl/α,β-unsaturated/α-hetero) is 2. The third-order valence-electron chi connectivity index (χ3n) is 2.88. The molecule has 1 aromatic rings. The van der Waals surface area contributed by atoms with E-state index in [0.717, 1.165) is 0 Å². The van der Waals surface area contributed by atoms with Gasteiger partial charge in [-0.05, 0) is 19.9 Å². The SMILES string of the molecule is COC(C)C(=O)c1cccc(C(=O)C(C)OC)c1. The number of benzene rings is 1. The highest BCUT2D eigenvalue weighted by molar-refractivity contribution is 6.04. The summed E-state index contributed by atoms with van der Waals surface area (Å²) in [6.07, 6.45) is -1.04. The molecule has 0 amide bonds. The maximum absolute atomic E-state index is 11.9. The van der Waals surface area contributed by atoms with Crippen molar-refractivity contribution in [3.8, 4) is 0 Å². The van der Waals surface area contributed by atoms with Crippen molar-refractivity contribution >= 4 is 11.6 Å². The molecule has 4 heteroatoms. The summed E-state index contributed by atoms with van der Waals surface area (Å²) in [4.78, 5) is 23.8. The average molecular weight is 250 g/mol. The Bertz CT molecular complexity index is 402. The Morgan fingerprint density at radius 2 is 1.33 bits per heavy atom. The molecule has 0 spiro atoms. The third-order valence-corrected chi connectivity index (χ3v) is 2.88. The highest BCUT2D eigenvalue weighted by Crippen LogP contribution is 2.12. The zero-order valence-electron chi connectivity index (χ0n) is 11.1. The minimum absolute atomic E-state index is 0.141. The molecule has 0 aliphatic rings. The lowest BCUT2D eigenvalue weighted by Crippen LogP contribution is -2.21. The highest BCUT2D eigenvalue weighted by atomic mass is 16.5. The molecular formula is C14H18O4. The number of carbonyl (C=O) groups excluding carboxylic acids is 2. The molecular weight excluding hydrogens is 232 g/mol. The molecule has 1 aromatic carbocycles. The first kappa shape index (κ1) is 14.5. The van der Waals surface area contributed by atoms with E-state index in [1.807, 2.05) is 0 Å². The number of ether oxygens (including phenoxy) is 2. The number of ketones is 2. The zero-order valence-corrected chi connectivity index (χ0v) is 11.1. The molecule has 0 saturated carbocycles. The van der Waals surface area contributed by atoms with Crippen LogP contribution in [0.15, 0.2) is 24.3 Å². The summed E-state index contributed by atoms with van der Waals surface area (Å²) >= 11 is 0. The van der Waals surface area contributed by atoms with Gasteiger partial charge in [-0.3, -0.25) is 9.59 Å². The van der Waals surface area contributed by atoms with E-state index in [1.54, 1.807) is 38.1 Å². The van der Waals surface area contributed by atoms with E-state index in [2.05, 4.69) is 0 Å². The van der Waals surface area contributed by atoms with Gasteiger partial charge in [0.2, 0.25) is 0 Å². The second kappa shape index (κ2) is 6.42. The summed E-state index contributed by atoms with van der Waals surface area (Å²) in [5.41, 5.74) is 0.942. The van der Waals surface area contributed by atoms with Gasteiger partial charge in [-0.2, -0.15) is 0 Å². The molecule has 0 fully saturated rings. The van der Waals surface area contributed by atoms with Gasteiger partial charge in [-0.25, -0.2) is 0 Å². The summed E-state index contributed by atoms with van der Waals surface area (Å²) in [5.74, 6) is -0.283. The Kier molecular flexibility index (Phi) is 5.19. The summed E-state index contributed by atoms with van der Waals surface area (Å²) in [5, 5.41) is 0. The van der Waals surface area contributed by atoms with Crippen LogP contribution in [0.1, 0.15) is 34.6 Å². The molecule has 1 rings (SSSR count). The predicted molar refractivity (Wildman–Crippen MR) is 68.0 cm³/mol. The van der Waals surface area contributed by atoms with Gasteiger partial charge in [0.05, 0.1) is 0 Å². The molecule has 0 aliphatic heterocycles. The van der Waals surface area contributed by atoms with E-state index in [1.165, 1.54) is 14.2 Å². The lowest BCUT2D eigenvalue weighted by molar-refractivity contribution is 0.0651. The summed E-state index contributed by atoms with van der Waals surface area (Å²) < 4.78 is 9.95. The molecule has 2 atom stereocenters. The molecule has 4 nitrogen and oxygen atoms in total. The standard InChI is InChI=1S/C14H18O4/c1-9(17-3)13(15)11-6-5-7-12(8-11)14(16)10(2)18-4/h5-10H,1-4H3. The summed E-state index contributed by atoms with van der Waals surface area (Å²) in [6, 6.07) is 6.61. The second-order valence-electron chi connectivity index (χ2n) is 4.07. The number of carbonyl (C=O) groups is 2. The van der Waals surface area contributed by atoms with Crippen molar-refractivity contribution in [1.82, 2.24) is 0 Å².